The number of ketones is 1. The smallest absolute Gasteiger partial charge is 0.303 e. The predicted molar refractivity (Wildman–Crippen MR) is 103 cm³/mol. The highest BCUT2D eigenvalue weighted by molar-refractivity contribution is 5.85. The van der Waals surface area contributed by atoms with Gasteiger partial charge in [0.05, 0.1) is 6.10 Å². The Morgan fingerprint density at radius 3 is 2.57 bits per heavy atom. The first kappa shape index (κ1) is 20.3. The summed E-state index contributed by atoms with van der Waals surface area (Å²) in [6.45, 7) is 5.53. The molecule has 4 nitrogen and oxygen atoms in total. The van der Waals surface area contributed by atoms with Crippen LogP contribution >= 0.6 is 0 Å². The lowest BCUT2D eigenvalue weighted by atomic mass is 9.44. The predicted octanol–water partition coefficient (Wildman–Crippen LogP) is 4.09. The van der Waals surface area contributed by atoms with E-state index in [4.69, 9.17) is 4.74 Å². The fourth-order valence-corrected chi connectivity index (χ4v) is 8.09. The van der Waals surface area contributed by atoms with Crippen LogP contribution in [0.5, 0.6) is 0 Å². The number of ether oxygens (including phenoxy) is 1. The highest BCUT2D eigenvalue weighted by Gasteiger charge is 2.64. The Morgan fingerprint density at radius 2 is 1.86 bits per heavy atom. The van der Waals surface area contributed by atoms with Gasteiger partial charge in [0.25, 0.3) is 0 Å². The number of esters is 1. The van der Waals surface area contributed by atoms with Gasteiger partial charge in [-0.05, 0) is 85.9 Å². The minimum atomic E-state index is -0.892. The molecule has 0 radical (unpaired) electrons. The zero-order valence-corrected chi connectivity index (χ0v) is 17.5. The maximum atomic E-state index is 15.8. The zero-order valence-electron chi connectivity index (χ0n) is 17.5. The minimum absolute atomic E-state index is 0.0251. The Kier molecular flexibility index (Phi) is 5.13. The number of rotatable bonds is 3. The summed E-state index contributed by atoms with van der Waals surface area (Å²) < 4.78 is 20.8. The van der Waals surface area contributed by atoms with Crippen LogP contribution in [0.25, 0.3) is 0 Å². The SMILES string of the molecule is CC(=O)OCC(=O)[C@H]1CC[C@H]2[C@@H]3CC[C@@H]4C[C@H](O)CC[C@]4(C)[C@H]3[C@H](F)C[C@]12C. The Morgan fingerprint density at radius 1 is 1.11 bits per heavy atom. The van der Waals surface area contributed by atoms with Crippen molar-refractivity contribution in [2.45, 2.75) is 84.4 Å². The third-order valence-corrected chi connectivity index (χ3v) is 9.33. The number of aliphatic hydroxyl groups is 1. The first-order valence-corrected chi connectivity index (χ1v) is 11.1. The summed E-state index contributed by atoms with van der Waals surface area (Å²) >= 11 is 0. The molecular weight excluding hydrogens is 359 g/mol. The average molecular weight is 395 g/mol. The van der Waals surface area contributed by atoms with Crippen LogP contribution in [0.1, 0.15) is 72.1 Å². The van der Waals surface area contributed by atoms with Gasteiger partial charge in [0, 0.05) is 12.8 Å². The molecule has 0 unspecified atom stereocenters. The summed E-state index contributed by atoms with van der Waals surface area (Å²) in [4.78, 5) is 23.9. The van der Waals surface area contributed by atoms with E-state index >= 15 is 4.39 Å². The Balaban J connectivity index is 1.57. The zero-order chi connectivity index (χ0) is 20.3. The molecule has 9 atom stereocenters. The van der Waals surface area contributed by atoms with Gasteiger partial charge >= 0.3 is 5.97 Å². The molecule has 0 heterocycles. The summed E-state index contributed by atoms with van der Waals surface area (Å²) in [7, 11) is 0. The molecule has 0 aromatic rings. The second-order valence-corrected chi connectivity index (χ2v) is 10.6. The van der Waals surface area contributed by atoms with Crippen molar-refractivity contribution in [1.29, 1.82) is 0 Å². The molecule has 158 valence electrons. The molecule has 28 heavy (non-hydrogen) atoms. The van der Waals surface area contributed by atoms with Crippen LogP contribution in [0.2, 0.25) is 0 Å². The molecule has 4 rings (SSSR count). The number of hydrogen-bond acceptors (Lipinski definition) is 4. The highest BCUT2D eigenvalue weighted by Crippen LogP contribution is 2.68. The van der Waals surface area contributed by atoms with Crippen molar-refractivity contribution in [3.63, 3.8) is 0 Å². The average Bonchev–Trinajstić information content (AvgIpc) is 2.96. The number of halogens is 1. The maximum absolute atomic E-state index is 15.8. The minimum Gasteiger partial charge on any atom is -0.458 e. The van der Waals surface area contributed by atoms with Gasteiger partial charge in [-0.15, -0.1) is 0 Å². The number of carbonyl (C=O) groups is 2. The number of alkyl halides is 1. The van der Waals surface area contributed by atoms with Gasteiger partial charge in [0.2, 0.25) is 0 Å². The highest BCUT2D eigenvalue weighted by atomic mass is 19.1. The maximum Gasteiger partial charge on any atom is 0.303 e. The van der Waals surface area contributed by atoms with Crippen LogP contribution in [0.4, 0.5) is 4.39 Å². The van der Waals surface area contributed by atoms with Gasteiger partial charge in [0.1, 0.15) is 12.8 Å². The van der Waals surface area contributed by atoms with E-state index in [2.05, 4.69) is 13.8 Å². The lowest BCUT2D eigenvalue weighted by Gasteiger charge is -2.61. The van der Waals surface area contributed by atoms with Gasteiger partial charge in [0.15, 0.2) is 5.78 Å². The molecule has 0 spiro atoms. The molecule has 4 aliphatic carbocycles. The second-order valence-electron chi connectivity index (χ2n) is 10.6. The largest absolute Gasteiger partial charge is 0.458 e. The fraction of sp³-hybridized carbons (Fsp3) is 0.913. The number of Topliss-reactive ketones (excluding diaryl/α,β-unsaturated/α-hetero) is 1. The molecule has 0 bridgehead atoms. The van der Waals surface area contributed by atoms with E-state index < -0.39 is 12.1 Å². The van der Waals surface area contributed by atoms with Crippen LogP contribution in [-0.2, 0) is 14.3 Å². The first-order valence-electron chi connectivity index (χ1n) is 11.1. The molecule has 0 aromatic carbocycles. The standard InChI is InChI=1S/C23H35FO4/c1-13(25)28-12-20(27)18-7-6-17-16-5-4-14-10-15(26)8-9-22(14,2)21(16)19(24)11-23(17,18)3/h14-19,21,26H,4-12H2,1-3H3/t14-,15-,16+,17+,18-,19-,21-,22+,23+/m1/s1. The molecular formula is C23H35FO4. The van der Waals surface area contributed by atoms with E-state index in [0.717, 1.165) is 44.9 Å². The van der Waals surface area contributed by atoms with Gasteiger partial charge in [-0.25, -0.2) is 4.39 Å². The van der Waals surface area contributed by atoms with Crippen molar-refractivity contribution in [2.24, 2.45) is 40.4 Å². The molecule has 0 saturated heterocycles. The summed E-state index contributed by atoms with van der Waals surface area (Å²) in [5.41, 5.74) is -0.349. The van der Waals surface area contributed by atoms with Gasteiger partial charge in [-0.1, -0.05) is 13.8 Å². The van der Waals surface area contributed by atoms with E-state index in [0.29, 0.717) is 24.2 Å². The van der Waals surface area contributed by atoms with Gasteiger partial charge < -0.3 is 9.84 Å². The fourth-order valence-electron chi connectivity index (χ4n) is 8.09. The van der Waals surface area contributed by atoms with Crippen LogP contribution in [-0.4, -0.2) is 35.7 Å². The lowest BCUT2D eigenvalue weighted by Crippen LogP contribution is -2.58. The van der Waals surface area contributed by atoms with E-state index in [-0.39, 0.29) is 41.2 Å². The monoisotopic (exact) mass is 394 g/mol. The summed E-state index contributed by atoms with van der Waals surface area (Å²) in [5, 5.41) is 10.1. The molecule has 5 heteroatoms. The number of carbonyl (C=O) groups excluding carboxylic acids is 2. The van der Waals surface area contributed by atoms with Crippen LogP contribution in [0.3, 0.4) is 0 Å². The summed E-state index contributed by atoms with van der Waals surface area (Å²) in [5.74, 6) is 0.506. The third-order valence-electron chi connectivity index (χ3n) is 9.33. The van der Waals surface area contributed by atoms with E-state index in [1.807, 2.05) is 0 Å². The molecule has 1 N–H and O–H groups in total. The van der Waals surface area contributed by atoms with Gasteiger partial charge in [-0.3, -0.25) is 9.59 Å². The molecule has 4 fully saturated rings. The van der Waals surface area contributed by atoms with Crippen LogP contribution in [0, 0.1) is 40.4 Å². The second kappa shape index (κ2) is 7.07. The Hall–Kier alpha value is -0.970. The van der Waals surface area contributed by atoms with Crippen molar-refractivity contribution in [3.05, 3.63) is 0 Å². The topological polar surface area (TPSA) is 63.6 Å². The molecule has 0 amide bonds. The van der Waals surface area contributed by atoms with Crippen molar-refractivity contribution < 1.29 is 23.8 Å². The quantitative estimate of drug-likeness (QED) is 0.733. The van der Waals surface area contributed by atoms with E-state index in [1.54, 1.807) is 0 Å². The Bertz CT molecular complexity index is 651. The van der Waals surface area contributed by atoms with E-state index in [9.17, 15) is 14.7 Å². The lowest BCUT2D eigenvalue weighted by molar-refractivity contribution is -0.164. The van der Waals surface area contributed by atoms with Crippen molar-refractivity contribution in [3.8, 4) is 0 Å². The molecule has 4 saturated carbocycles. The van der Waals surface area contributed by atoms with Crippen molar-refractivity contribution >= 4 is 11.8 Å². The van der Waals surface area contributed by atoms with Crippen molar-refractivity contribution in [1.82, 2.24) is 0 Å². The third kappa shape index (κ3) is 3.03. The van der Waals surface area contributed by atoms with Crippen molar-refractivity contribution in [2.75, 3.05) is 6.61 Å². The van der Waals surface area contributed by atoms with E-state index in [1.165, 1.54) is 6.92 Å². The molecule has 0 aliphatic heterocycles. The summed E-state index contributed by atoms with van der Waals surface area (Å²) in [6, 6.07) is 0. The van der Waals surface area contributed by atoms with Crippen LogP contribution < -0.4 is 0 Å². The molecule has 0 aromatic heterocycles. The number of hydrogen-bond donors (Lipinski definition) is 1. The normalized spacial score (nSPS) is 50.2. The van der Waals surface area contributed by atoms with Gasteiger partial charge in [-0.2, -0.15) is 0 Å². The number of fused-ring (bicyclic) bond motifs is 5. The Labute approximate surface area is 167 Å². The summed E-state index contributed by atoms with van der Waals surface area (Å²) in [6.07, 6.45) is 5.70. The number of aliphatic hydroxyl groups excluding tert-OH is 1. The first-order chi connectivity index (χ1) is 13.2. The van der Waals surface area contributed by atoms with Crippen LogP contribution in [0.15, 0.2) is 0 Å². The molecule has 4 aliphatic rings.